The Morgan fingerprint density at radius 1 is 1.24 bits per heavy atom. The van der Waals surface area contributed by atoms with E-state index in [1.807, 2.05) is 0 Å². The third-order valence-corrected chi connectivity index (χ3v) is 5.00. The van der Waals surface area contributed by atoms with Gasteiger partial charge in [0.2, 0.25) is 5.62 Å². The van der Waals surface area contributed by atoms with E-state index in [-0.39, 0.29) is 17.2 Å². The van der Waals surface area contributed by atoms with Crippen LogP contribution in [0, 0.1) is 12.3 Å². The average Bonchev–Trinajstić information content (AvgIpc) is 2.52. The van der Waals surface area contributed by atoms with Gasteiger partial charge in [-0.3, -0.25) is 5.41 Å². The van der Waals surface area contributed by atoms with Crippen molar-refractivity contribution in [1.29, 1.82) is 5.41 Å². The quantitative estimate of drug-likeness (QED) is 0.692. The Morgan fingerprint density at radius 2 is 1.96 bits per heavy atom. The number of aliphatic hydroxyl groups excluding tert-OH is 1. The fraction of sp³-hybridized carbons (Fsp3) is 0.188. The SMILES string of the molecule is Cc1cc(-c2ccc(Cl)c(C(F)(F)F)c2)sc2nc(=N)nc(CO)c1-2. The highest BCUT2D eigenvalue weighted by atomic mass is 35.5. The molecule has 0 bridgehead atoms. The summed E-state index contributed by atoms with van der Waals surface area (Å²) in [4.78, 5) is 8.47. The summed E-state index contributed by atoms with van der Waals surface area (Å²) < 4.78 is 39.2. The van der Waals surface area contributed by atoms with Crippen LogP contribution in [0.15, 0.2) is 24.3 Å². The lowest BCUT2D eigenvalue weighted by Crippen LogP contribution is -2.16. The smallest absolute Gasteiger partial charge is 0.390 e. The first-order chi connectivity index (χ1) is 11.7. The van der Waals surface area contributed by atoms with Gasteiger partial charge in [-0.15, -0.1) is 11.3 Å². The molecule has 0 unspecified atom stereocenters. The lowest BCUT2D eigenvalue weighted by molar-refractivity contribution is -0.137. The molecule has 0 atom stereocenters. The van der Waals surface area contributed by atoms with Gasteiger partial charge < -0.3 is 5.11 Å². The molecule has 2 aliphatic heterocycles. The van der Waals surface area contributed by atoms with Crippen molar-refractivity contribution in [2.75, 3.05) is 0 Å². The van der Waals surface area contributed by atoms with E-state index < -0.39 is 11.7 Å². The van der Waals surface area contributed by atoms with Crippen LogP contribution in [0.25, 0.3) is 21.0 Å². The maximum absolute atomic E-state index is 13.1. The highest BCUT2D eigenvalue weighted by Crippen LogP contribution is 2.40. The number of halogens is 4. The first kappa shape index (κ1) is 17.8. The van der Waals surface area contributed by atoms with Crippen molar-refractivity contribution in [1.82, 2.24) is 9.97 Å². The number of aryl methyl sites for hydroxylation is 1. The van der Waals surface area contributed by atoms with Crippen LogP contribution in [-0.2, 0) is 12.8 Å². The highest BCUT2D eigenvalue weighted by Gasteiger charge is 2.33. The second kappa shape index (κ2) is 6.36. The van der Waals surface area contributed by atoms with E-state index in [1.165, 1.54) is 12.1 Å². The monoisotopic (exact) mass is 385 g/mol. The van der Waals surface area contributed by atoms with Crippen LogP contribution in [0.2, 0.25) is 5.02 Å². The molecule has 0 spiro atoms. The predicted molar refractivity (Wildman–Crippen MR) is 88.5 cm³/mol. The summed E-state index contributed by atoms with van der Waals surface area (Å²) >= 11 is 6.80. The number of rotatable bonds is 2. The van der Waals surface area contributed by atoms with E-state index in [2.05, 4.69) is 9.97 Å². The van der Waals surface area contributed by atoms with Crippen LogP contribution < -0.4 is 5.62 Å². The Hall–Kier alpha value is -2.03. The molecule has 0 radical (unpaired) electrons. The normalized spacial score (nSPS) is 11.9. The molecule has 2 aliphatic rings. The van der Waals surface area contributed by atoms with E-state index >= 15 is 0 Å². The van der Waals surface area contributed by atoms with Gasteiger partial charge in [-0.05, 0) is 36.2 Å². The number of benzene rings is 1. The van der Waals surface area contributed by atoms with Gasteiger partial charge in [0.25, 0.3) is 0 Å². The minimum atomic E-state index is -4.55. The lowest BCUT2D eigenvalue weighted by Gasteiger charge is -2.15. The number of nitrogens with one attached hydrogen (secondary N) is 1. The molecule has 0 aromatic heterocycles. The lowest BCUT2D eigenvalue weighted by atomic mass is 10.1. The molecule has 0 saturated carbocycles. The van der Waals surface area contributed by atoms with E-state index in [4.69, 9.17) is 17.0 Å². The number of aromatic nitrogens is 2. The number of aliphatic hydroxyl groups is 1. The van der Waals surface area contributed by atoms with Crippen molar-refractivity contribution >= 4 is 22.9 Å². The minimum absolute atomic E-state index is 0.253. The first-order valence-electron chi connectivity index (χ1n) is 7.04. The van der Waals surface area contributed by atoms with E-state index in [0.717, 1.165) is 17.4 Å². The van der Waals surface area contributed by atoms with Gasteiger partial charge in [0.05, 0.1) is 22.9 Å². The number of hydrogen-bond acceptors (Lipinski definition) is 5. The summed E-state index contributed by atoms with van der Waals surface area (Å²) in [6.45, 7) is 1.41. The van der Waals surface area contributed by atoms with Gasteiger partial charge in [0, 0.05) is 10.4 Å². The third-order valence-electron chi connectivity index (χ3n) is 3.61. The Labute approximate surface area is 149 Å². The van der Waals surface area contributed by atoms with Crippen LogP contribution in [0.3, 0.4) is 0 Å². The summed E-state index contributed by atoms with van der Waals surface area (Å²) in [6, 6.07) is 5.42. The van der Waals surface area contributed by atoms with Gasteiger partial charge in [0.1, 0.15) is 5.01 Å². The number of alkyl halides is 3. The van der Waals surface area contributed by atoms with Crippen LogP contribution >= 0.6 is 22.9 Å². The van der Waals surface area contributed by atoms with Crippen molar-refractivity contribution in [2.45, 2.75) is 19.7 Å². The zero-order chi connectivity index (χ0) is 18.4. The molecule has 2 N–H and O–H groups in total. The summed E-state index contributed by atoms with van der Waals surface area (Å²) in [5.74, 6) is 0. The third kappa shape index (κ3) is 3.37. The van der Waals surface area contributed by atoms with Crippen LogP contribution in [0.4, 0.5) is 13.2 Å². The van der Waals surface area contributed by atoms with Gasteiger partial charge in [-0.2, -0.15) is 13.2 Å². The fourth-order valence-electron chi connectivity index (χ4n) is 2.51. The maximum Gasteiger partial charge on any atom is 0.417 e. The number of nitrogens with zero attached hydrogens (tertiary/aromatic N) is 2. The second-order valence-corrected chi connectivity index (χ2v) is 6.76. The van der Waals surface area contributed by atoms with Gasteiger partial charge in [0.15, 0.2) is 0 Å². The Balaban J connectivity index is 2.25. The predicted octanol–water partition coefficient (Wildman–Crippen LogP) is 4.26. The molecule has 4 nitrogen and oxygen atoms in total. The summed E-state index contributed by atoms with van der Waals surface area (Å²) in [6.07, 6.45) is -4.55. The van der Waals surface area contributed by atoms with E-state index in [1.54, 1.807) is 13.0 Å². The number of hydrogen-bond donors (Lipinski definition) is 2. The maximum atomic E-state index is 13.1. The Bertz CT molecular complexity index is 987. The van der Waals surface area contributed by atoms with Crippen LogP contribution in [-0.4, -0.2) is 15.1 Å². The molecular weight excluding hydrogens is 375 g/mol. The Kier molecular flexibility index (Phi) is 4.52. The second-order valence-electron chi connectivity index (χ2n) is 5.32. The first-order valence-corrected chi connectivity index (χ1v) is 8.24. The van der Waals surface area contributed by atoms with Crippen molar-refractivity contribution in [3.63, 3.8) is 0 Å². The van der Waals surface area contributed by atoms with E-state index in [0.29, 0.717) is 32.3 Å². The largest absolute Gasteiger partial charge is 0.417 e. The topological polar surface area (TPSA) is 69.9 Å². The van der Waals surface area contributed by atoms with Gasteiger partial charge in [-0.25, -0.2) is 9.97 Å². The molecule has 0 aliphatic carbocycles. The molecular formula is C16H11ClF3N3OS. The molecule has 130 valence electrons. The zero-order valence-corrected chi connectivity index (χ0v) is 14.4. The molecule has 1 aromatic carbocycles. The molecule has 9 heteroatoms. The summed E-state index contributed by atoms with van der Waals surface area (Å²) in [5, 5.41) is 17.1. The molecule has 0 amide bonds. The van der Waals surface area contributed by atoms with Crippen molar-refractivity contribution < 1.29 is 18.3 Å². The van der Waals surface area contributed by atoms with Gasteiger partial charge in [-0.1, -0.05) is 17.7 Å². The van der Waals surface area contributed by atoms with E-state index in [9.17, 15) is 18.3 Å². The van der Waals surface area contributed by atoms with Gasteiger partial charge >= 0.3 is 6.18 Å². The molecule has 1 aromatic rings. The van der Waals surface area contributed by atoms with Crippen LogP contribution in [0.1, 0.15) is 16.8 Å². The van der Waals surface area contributed by atoms with Crippen molar-refractivity contribution in [2.24, 2.45) is 0 Å². The standard InChI is InChI=1S/C16H11ClF3N3OS/c1-7-4-12(8-2-3-10(17)9(5-8)16(18,19)20)25-14-13(7)11(6-24)22-15(21)23-14/h2-5,21,24H,6H2,1H3. The fourth-order valence-corrected chi connectivity index (χ4v) is 3.94. The van der Waals surface area contributed by atoms with Crippen molar-refractivity contribution in [3.05, 3.63) is 51.7 Å². The highest BCUT2D eigenvalue weighted by molar-refractivity contribution is 7.18. The Morgan fingerprint density at radius 3 is 2.60 bits per heavy atom. The zero-order valence-electron chi connectivity index (χ0n) is 12.8. The summed E-state index contributed by atoms with van der Waals surface area (Å²) in [5.41, 5.74) is 0.825. The minimum Gasteiger partial charge on any atom is -0.390 e. The molecule has 25 heavy (non-hydrogen) atoms. The molecule has 0 saturated heterocycles. The molecule has 2 heterocycles. The average molecular weight is 386 g/mol. The molecule has 3 rings (SSSR count). The molecule has 0 fully saturated rings. The summed E-state index contributed by atoms with van der Waals surface area (Å²) in [7, 11) is 0. The van der Waals surface area contributed by atoms with Crippen LogP contribution in [0.5, 0.6) is 0 Å². The number of fused-ring (bicyclic) bond motifs is 1. The van der Waals surface area contributed by atoms with Crippen molar-refractivity contribution in [3.8, 4) is 21.0 Å².